The minimum Gasteiger partial charge on any atom is -0.497 e. The maximum atomic E-state index is 11.9. The van der Waals surface area contributed by atoms with E-state index in [1.807, 2.05) is 56.3 Å². The third-order valence-corrected chi connectivity index (χ3v) is 3.46. The number of methoxy groups -OCH3 is 1. The fraction of sp³-hybridized carbons (Fsp3) is 0.235. The van der Waals surface area contributed by atoms with Crippen molar-refractivity contribution in [1.82, 2.24) is 5.32 Å². The molecule has 4 heteroatoms. The van der Waals surface area contributed by atoms with Gasteiger partial charge >= 0.3 is 6.03 Å². The minimum atomic E-state index is -0.209. The molecule has 0 aromatic heterocycles. The number of aryl methyl sites for hydroxylation is 1. The Labute approximate surface area is 125 Å². The van der Waals surface area contributed by atoms with Gasteiger partial charge in [-0.05, 0) is 48.7 Å². The van der Waals surface area contributed by atoms with Crippen LogP contribution in [-0.4, -0.2) is 13.1 Å². The summed E-state index contributed by atoms with van der Waals surface area (Å²) < 4.78 is 5.10. The van der Waals surface area contributed by atoms with E-state index in [1.54, 1.807) is 7.11 Å². The molecule has 110 valence electrons. The van der Waals surface area contributed by atoms with Crippen LogP contribution in [0.25, 0.3) is 0 Å². The van der Waals surface area contributed by atoms with Crippen molar-refractivity contribution in [2.45, 2.75) is 20.4 Å². The van der Waals surface area contributed by atoms with E-state index in [1.165, 1.54) is 0 Å². The van der Waals surface area contributed by atoms with Crippen LogP contribution in [0, 0.1) is 13.8 Å². The number of benzene rings is 2. The molecule has 0 aliphatic carbocycles. The van der Waals surface area contributed by atoms with Crippen LogP contribution in [0.3, 0.4) is 0 Å². The Kier molecular flexibility index (Phi) is 4.82. The molecule has 0 unspecified atom stereocenters. The van der Waals surface area contributed by atoms with Gasteiger partial charge in [0.2, 0.25) is 0 Å². The lowest BCUT2D eigenvalue weighted by atomic mass is 10.1. The highest BCUT2D eigenvalue weighted by molar-refractivity contribution is 5.90. The van der Waals surface area contributed by atoms with Gasteiger partial charge in [-0.25, -0.2) is 4.79 Å². The number of carbonyl (C=O) groups excluding carboxylic acids is 1. The van der Waals surface area contributed by atoms with Crippen LogP contribution in [0.1, 0.15) is 16.7 Å². The smallest absolute Gasteiger partial charge is 0.319 e. The summed E-state index contributed by atoms with van der Waals surface area (Å²) in [5.74, 6) is 0.804. The highest BCUT2D eigenvalue weighted by Gasteiger charge is 2.05. The van der Waals surface area contributed by atoms with Gasteiger partial charge in [0.15, 0.2) is 0 Å². The highest BCUT2D eigenvalue weighted by atomic mass is 16.5. The Balaban J connectivity index is 1.91. The number of carbonyl (C=O) groups is 1. The maximum absolute atomic E-state index is 11.9. The number of amides is 2. The van der Waals surface area contributed by atoms with E-state index in [0.717, 1.165) is 28.1 Å². The zero-order valence-corrected chi connectivity index (χ0v) is 12.6. The van der Waals surface area contributed by atoms with Crippen molar-refractivity contribution < 1.29 is 9.53 Å². The van der Waals surface area contributed by atoms with Crippen molar-refractivity contribution in [3.05, 3.63) is 59.2 Å². The predicted molar refractivity (Wildman–Crippen MR) is 84.8 cm³/mol. The minimum absolute atomic E-state index is 0.209. The van der Waals surface area contributed by atoms with Gasteiger partial charge in [-0.1, -0.05) is 24.3 Å². The molecule has 2 amide bonds. The summed E-state index contributed by atoms with van der Waals surface area (Å²) in [6.07, 6.45) is 0. The molecule has 0 saturated heterocycles. The lowest BCUT2D eigenvalue weighted by Gasteiger charge is -2.11. The van der Waals surface area contributed by atoms with Crippen LogP contribution in [-0.2, 0) is 6.54 Å². The number of urea groups is 1. The van der Waals surface area contributed by atoms with Gasteiger partial charge in [-0.15, -0.1) is 0 Å². The molecule has 0 fully saturated rings. The lowest BCUT2D eigenvalue weighted by molar-refractivity contribution is 0.251. The molecule has 0 bridgehead atoms. The average molecular weight is 284 g/mol. The molecule has 0 aliphatic heterocycles. The molecule has 0 spiro atoms. The molecule has 0 saturated carbocycles. The largest absolute Gasteiger partial charge is 0.497 e. The molecule has 21 heavy (non-hydrogen) atoms. The van der Waals surface area contributed by atoms with Crippen molar-refractivity contribution in [2.24, 2.45) is 0 Å². The zero-order valence-electron chi connectivity index (χ0n) is 12.6. The number of anilines is 1. The normalized spacial score (nSPS) is 10.0. The predicted octanol–water partition coefficient (Wildman–Crippen LogP) is 3.63. The molecule has 0 aliphatic rings. The summed E-state index contributed by atoms with van der Waals surface area (Å²) >= 11 is 0. The summed E-state index contributed by atoms with van der Waals surface area (Å²) in [6.45, 7) is 4.49. The molecule has 2 aromatic rings. The van der Waals surface area contributed by atoms with E-state index in [-0.39, 0.29) is 6.03 Å². The monoisotopic (exact) mass is 284 g/mol. The number of nitrogens with one attached hydrogen (secondary N) is 2. The van der Waals surface area contributed by atoms with Crippen LogP contribution in [0.5, 0.6) is 5.75 Å². The number of rotatable bonds is 4. The van der Waals surface area contributed by atoms with Gasteiger partial charge in [0.1, 0.15) is 5.75 Å². The number of hydrogen-bond acceptors (Lipinski definition) is 2. The first-order valence-corrected chi connectivity index (χ1v) is 6.84. The highest BCUT2D eigenvalue weighted by Crippen LogP contribution is 2.17. The van der Waals surface area contributed by atoms with Gasteiger partial charge in [-0.2, -0.15) is 0 Å². The Morgan fingerprint density at radius 1 is 1.10 bits per heavy atom. The second kappa shape index (κ2) is 6.79. The Morgan fingerprint density at radius 3 is 2.48 bits per heavy atom. The topological polar surface area (TPSA) is 50.4 Å². The number of hydrogen-bond donors (Lipinski definition) is 2. The molecule has 0 radical (unpaired) electrons. The van der Waals surface area contributed by atoms with Gasteiger partial charge in [0.25, 0.3) is 0 Å². The first kappa shape index (κ1) is 14.9. The lowest BCUT2D eigenvalue weighted by Crippen LogP contribution is -2.28. The quantitative estimate of drug-likeness (QED) is 0.900. The van der Waals surface area contributed by atoms with Gasteiger partial charge in [0.05, 0.1) is 7.11 Å². The molecule has 0 atom stereocenters. The van der Waals surface area contributed by atoms with Crippen LogP contribution in [0.2, 0.25) is 0 Å². The fourth-order valence-corrected chi connectivity index (χ4v) is 1.98. The summed E-state index contributed by atoms with van der Waals surface area (Å²) in [5, 5.41) is 5.71. The van der Waals surface area contributed by atoms with Crippen molar-refractivity contribution in [2.75, 3.05) is 12.4 Å². The molecule has 2 aromatic carbocycles. The Hall–Kier alpha value is -2.49. The molecule has 2 N–H and O–H groups in total. The van der Waals surface area contributed by atoms with E-state index in [0.29, 0.717) is 6.54 Å². The Morgan fingerprint density at radius 2 is 1.81 bits per heavy atom. The molecule has 2 rings (SSSR count). The fourth-order valence-electron chi connectivity index (χ4n) is 1.98. The van der Waals surface area contributed by atoms with E-state index < -0.39 is 0 Å². The third kappa shape index (κ3) is 3.99. The van der Waals surface area contributed by atoms with E-state index >= 15 is 0 Å². The van der Waals surface area contributed by atoms with Crippen LogP contribution in [0.4, 0.5) is 10.5 Å². The summed E-state index contributed by atoms with van der Waals surface area (Å²) in [7, 11) is 1.63. The molecule has 0 heterocycles. The molecular formula is C17H20N2O2. The second-order valence-electron chi connectivity index (χ2n) is 4.90. The van der Waals surface area contributed by atoms with E-state index in [9.17, 15) is 4.79 Å². The van der Waals surface area contributed by atoms with Gasteiger partial charge in [-0.3, -0.25) is 0 Å². The van der Waals surface area contributed by atoms with Gasteiger partial charge < -0.3 is 15.4 Å². The number of ether oxygens (including phenoxy) is 1. The first-order valence-electron chi connectivity index (χ1n) is 6.84. The van der Waals surface area contributed by atoms with Crippen molar-refractivity contribution in [3.63, 3.8) is 0 Å². The summed E-state index contributed by atoms with van der Waals surface area (Å²) in [5.41, 5.74) is 4.09. The maximum Gasteiger partial charge on any atom is 0.319 e. The standard InChI is InChI=1S/C17H20N2O2/c1-12-5-4-6-16(13(12)2)19-17(20)18-11-14-7-9-15(21-3)10-8-14/h4-10H,11H2,1-3H3,(H2,18,19,20). The van der Waals surface area contributed by atoms with Crippen LogP contribution in [0.15, 0.2) is 42.5 Å². The average Bonchev–Trinajstić information content (AvgIpc) is 2.50. The summed E-state index contributed by atoms with van der Waals surface area (Å²) in [6, 6.07) is 13.2. The van der Waals surface area contributed by atoms with Crippen LogP contribution >= 0.6 is 0 Å². The SMILES string of the molecule is COc1ccc(CNC(=O)Nc2cccc(C)c2C)cc1. The molecular weight excluding hydrogens is 264 g/mol. The van der Waals surface area contributed by atoms with E-state index in [4.69, 9.17) is 4.74 Å². The first-order chi connectivity index (χ1) is 10.1. The van der Waals surface area contributed by atoms with Crippen molar-refractivity contribution in [3.8, 4) is 5.75 Å². The third-order valence-electron chi connectivity index (χ3n) is 3.46. The van der Waals surface area contributed by atoms with Crippen molar-refractivity contribution in [1.29, 1.82) is 0 Å². The molecule has 4 nitrogen and oxygen atoms in total. The van der Waals surface area contributed by atoms with Gasteiger partial charge in [0, 0.05) is 12.2 Å². The second-order valence-corrected chi connectivity index (χ2v) is 4.90. The van der Waals surface area contributed by atoms with Crippen LogP contribution < -0.4 is 15.4 Å². The zero-order chi connectivity index (χ0) is 15.2. The summed E-state index contributed by atoms with van der Waals surface area (Å²) in [4.78, 5) is 11.9. The Bertz CT molecular complexity index is 621. The van der Waals surface area contributed by atoms with Crippen molar-refractivity contribution >= 4 is 11.7 Å². The van der Waals surface area contributed by atoms with E-state index in [2.05, 4.69) is 10.6 Å².